The van der Waals surface area contributed by atoms with Crippen molar-refractivity contribution in [2.75, 3.05) is 0 Å². The lowest BCUT2D eigenvalue weighted by Gasteiger charge is -2.06. The zero-order valence-electron chi connectivity index (χ0n) is 10.4. The number of rotatable bonds is 2. The molecule has 0 aliphatic carbocycles. The molecule has 1 aromatic carbocycles. The first-order chi connectivity index (χ1) is 9.58. The largest absolute Gasteiger partial charge is 0.313 e. The van der Waals surface area contributed by atoms with Gasteiger partial charge in [-0.05, 0) is 35.0 Å². The van der Waals surface area contributed by atoms with E-state index in [1.807, 2.05) is 24.3 Å². The third kappa shape index (κ3) is 1.96. The molecule has 0 aliphatic rings. The SMILES string of the molecule is Cc1nc2ccccc2n1-c1ncc(Br)cc1[N+](=O)[O-]. The Bertz CT molecular complexity index is 828. The van der Waals surface area contributed by atoms with E-state index in [-0.39, 0.29) is 11.5 Å². The number of aromatic nitrogens is 3. The van der Waals surface area contributed by atoms with Crippen LogP contribution in [0.3, 0.4) is 0 Å². The number of nitro groups is 1. The Morgan fingerprint density at radius 2 is 2.10 bits per heavy atom. The predicted octanol–water partition coefficient (Wildman–Crippen LogP) is 3.40. The summed E-state index contributed by atoms with van der Waals surface area (Å²) in [4.78, 5) is 19.4. The van der Waals surface area contributed by atoms with Gasteiger partial charge in [0.15, 0.2) is 0 Å². The second kappa shape index (κ2) is 4.68. The number of aryl methyl sites for hydroxylation is 1. The molecular weight excluding hydrogens is 324 g/mol. The van der Waals surface area contributed by atoms with Gasteiger partial charge >= 0.3 is 5.69 Å². The van der Waals surface area contributed by atoms with Gasteiger partial charge < -0.3 is 0 Å². The smallest absolute Gasteiger partial charge is 0.275 e. The van der Waals surface area contributed by atoms with Gasteiger partial charge in [0.25, 0.3) is 0 Å². The summed E-state index contributed by atoms with van der Waals surface area (Å²) in [5.74, 6) is 0.925. The van der Waals surface area contributed by atoms with Gasteiger partial charge in [0.1, 0.15) is 5.82 Å². The van der Waals surface area contributed by atoms with Crippen LogP contribution in [0.2, 0.25) is 0 Å². The molecule has 0 aliphatic heterocycles. The van der Waals surface area contributed by atoms with Crippen molar-refractivity contribution in [3.8, 4) is 5.82 Å². The van der Waals surface area contributed by atoms with Gasteiger partial charge in [-0.3, -0.25) is 14.7 Å². The minimum absolute atomic E-state index is 0.0642. The van der Waals surface area contributed by atoms with Crippen LogP contribution in [0.25, 0.3) is 16.9 Å². The van der Waals surface area contributed by atoms with Gasteiger partial charge in [-0.1, -0.05) is 12.1 Å². The Morgan fingerprint density at radius 1 is 1.35 bits per heavy atom. The molecule has 0 spiro atoms. The van der Waals surface area contributed by atoms with E-state index in [0.717, 1.165) is 11.0 Å². The molecule has 0 radical (unpaired) electrons. The monoisotopic (exact) mass is 332 g/mol. The lowest BCUT2D eigenvalue weighted by molar-refractivity contribution is -0.384. The fraction of sp³-hybridized carbons (Fsp3) is 0.0769. The van der Waals surface area contributed by atoms with E-state index in [2.05, 4.69) is 25.9 Å². The Hall–Kier alpha value is -2.28. The van der Waals surface area contributed by atoms with Crippen molar-refractivity contribution in [2.24, 2.45) is 0 Å². The zero-order valence-corrected chi connectivity index (χ0v) is 12.0. The van der Waals surface area contributed by atoms with Gasteiger partial charge in [0, 0.05) is 16.7 Å². The molecule has 0 saturated carbocycles. The Balaban J connectivity index is 2.36. The fourth-order valence-electron chi connectivity index (χ4n) is 2.14. The first-order valence-electron chi connectivity index (χ1n) is 5.82. The molecule has 0 N–H and O–H groups in total. The van der Waals surface area contributed by atoms with Crippen LogP contribution in [0.15, 0.2) is 41.0 Å². The normalized spacial score (nSPS) is 10.9. The standard InChI is InChI=1S/C13H9BrN4O2/c1-8-16-10-4-2-3-5-11(10)17(8)13-12(18(19)20)6-9(14)7-15-13/h2-7H,1H3. The molecule has 0 bridgehead atoms. The van der Waals surface area contributed by atoms with E-state index in [0.29, 0.717) is 10.3 Å². The number of hydrogen-bond acceptors (Lipinski definition) is 4. The lowest BCUT2D eigenvalue weighted by Crippen LogP contribution is -2.04. The number of fused-ring (bicyclic) bond motifs is 1. The van der Waals surface area contributed by atoms with Crippen LogP contribution in [0.1, 0.15) is 5.82 Å². The van der Waals surface area contributed by atoms with Crippen LogP contribution in [-0.2, 0) is 0 Å². The lowest BCUT2D eigenvalue weighted by atomic mass is 10.3. The number of pyridine rings is 1. The Kier molecular flexibility index (Phi) is 2.98. The molecule has 100 valence electrons. The van der Waals surface area contributed by atoms with E-state index in [4.69, 9.17) is 0 Å². The highest BCUT2D eigenvalue weighted by Gasteiger charge is 2.21. The van der Waals surface area contributed by atoms with Crippen LogP contribution in [0, 0.1) is 17.0 Å². The van der Waals surface area contributed by atoms with Crippen LogP contribution >= 0.6 is 15.9 Å². The molecule has 3 aromatic rings. The van der Waals surface area contributed by atoms with Gasteiger partial charge in [0.05, 0.1) is 16.0 Å². The third-order valence-electron chi connectivity index (χ3n) is 2.95. The number of benzene rings is 1. The highest BCUT2D eigenvalue weighted by atomic mass is 79.9. The first kappa shape index (κ1) is 12.7. The topological polar surface area (TPSA) is 73.8 Å². The second-order valence-electron chi connectivity index (χ2n) is 4.24. The zero-order chi connectivity index (χ0) is 14.3. The van der Waals surface area contributed by atoms with Crippen LogP contribution in [-0.4, -0.2) is 19.5 Å². The summed E-state index contributed by atoms with van der Waals surface area (Å²) in [6, 6.07) is 8.91. The molecule has 3 rings (SSSR count). The number of para-hydroxylation sites is 2. The molecule has 20 heavy (non-hydrogen) atoms. The molecule has 6 nitrogen and oxygen atoms in total. The van der Waals surface area contributed by atoms with Crippen molar-refractivity contribution in [1.82, 2.24) is 14.5 Å². The Labute approximate surface area is 122 Å². The fourth-order valence-corrected chi connectivity index (χ4v) is 2.46. The second-order valence-corrected chi connectivity index (χ2v) is 5.15. The van der Waals surface area contributed by atoms with E-state index >= 15 is 0 Å². The molecule has 2 heterocycles. The van der Waals surface area contributed by atoms with E-state index < -0.39 is 4.92 Å². The minimum Gasteiger partial charge on any atom is -0.275 e. The quantitative estimate of drug-likeness (QED) is 0.532. The molecule has 2 aromatic heterocycles. The molecule has 0 atom stereocenters. The summed E-state index contributed by atoms with van der Waals surface area (Å²) >= 11 is 3.20. The average Bonchev–Trinajstić information content (AvgIpc) is 2.74. The molecule has 0 fully saturated rings. The average molecular weight is 333 g/mol. The number of halogens is 1. The summed E-state index contributed by atoms with van der Waals surface area (Å²) in [7, 11) is 0. The maximum atomic E-state index is 11.2. The summed E-state index contributed by atoms with van der Waals surface area (Å²) in [6.45, 7) is 1.80. The van der Waals surface area contributed by atoms with Crippen molar-refractivity contribution in [3.05, 3.63) is 56.9 Å². The van der Waals surface area contributed by atoms with E-state index in [1.165, 1.54) is 12.3 Å². The summed E-state index contributed by atoms with van der Waals surface area (Å²) in [6.07, 6.45) is 1.54. The van der Waals surface area contributed by atoms with Gasteiger partial charge in [0.2, 0.25) is 5.82 Å². The number of imidazole rings is 1. The summed E-state index contributed by atoms with van der Waals surface area (Å²) < 4.78 is 2.26. The Morgan fingerprint density at radius 3 is 2.85 bits per heavy atom. The minimum atomic E-state index is -0.443. The summed E-state index contributed by atoms with van der Waals surface area (Å²) in [5.41, 5.74) is 1.51. The highest BCUT2D eigenvalue weighted by Crippen LogP contribution is 2.28. The van der Waals surface area contributed by atoms with E-state index in [9.17, 15) is 10.1 Å². The highest BCUT2D eigenvalue weighted by molar-refractivity contribution is 9.10. The van der Waals surface area contributed by atoms with Crippen LogP contribution in [0.4, 0.5) is 5.69 Å². The van der Waals surface area contributed by atoms with Crippen molar-refractivity contribution in [2.45, 2.75) is 6.92 Å². The molecule has 7 heteroatoms. The van der Waals surface area contributed by atoms with Crippen molar-refractivity contribution in [1.29, 1.82) is 0 Å². The predicted molar refractivity (Wildman–Crippen MR) is 78.0 cm³/mol. The van der Waals surface area contributed by atoms with Crippen molar-refractivity contribution < 1.29 is 4.92 Å². The van der Waals surface area contributed by atoms with E-state index in [1.54, 1.807) is 11.5 Å². The molecule has 0 amide bonds. The van der Waals surface area contributed by atoms with Crippen LogP contribution < -0.4 is 0 Å². The van der Waals surface area contributed by atoms with Crippen molar-refractivity contribution >= 4 is 32.7 Å². The van der Waals surface area contributed by atoms with Gasteiger partial charge in [-0.2, -0.15) is 0 Å². The maximum absolute atomic E-state index is 11.2. The van der Waals surface area contributed by atoms with Gasteiger partial charge in [-0.15, -0.1) is 0 Å². The number of hydrogen-bond donors (Lipinski definition) is 0. The molecular formula is C13H9BrN4O2. The molecule has 0 saturated heterocycles. The van der Waals surface area contributed by atoms with Crippen molar-refractivity contribution in [3.63, 3.8) is 0 Å². The number of nitrogens with zero attached hydrogens (tertiary/aromatic N) is 4. The summed E-state index contributed by atoms with van der Waals surface area (Å²) in [5, 5.41) is 11.2. The van der Waals surface area contributed by atoms with Crippen LogP contribution in [0.5, 0.6) is 0 Å². The maximum Gasteiger partial charge on any atom is 0.313 e. The van der Waals surface area contributed by atoms with Gasteiger partial charge in [-0.25, -0.2) is 9.97 Å². The first-order valence-corrected chi connectivity index (χ1v) is 6.61. The third-order valence-corrected chi connectivity index (χ3v) is 3.38. The molecule has 0 unspecified atom stereocenters.